The van der Waals surface area contributed by atoms with E-state index in [1.54, 1.807) is 12.1 Å². The van der Waals surface area contributed by atoms with Crippen LogP contribution in [0.25, 0.3) is 0 Å². The van der Waals surface area contributed by atoms with Crippen molar-refractivity contribution in [2.45, 2.75) is 26.3 Å². The van der Waals surface area contributed by atoms with E-state index in [0.717, 1.165) is 21.2 Å². The van der Waals surface area contributed by atoms with Crippen molar-refractivity contribution in [3.63, 3.8) is 0 Å². The fourth-order valence-corrected chi connectivity index (χ4v) is 2.05. The summed E-state index contributed by atoms with van der Waals surface area (Å²) in [6.07, 6.45) is 2.42. The molecule has 0 saturated heterocycles. The van der Waals surface area contributed by atoms with Crippen molar-refractivity contribution in [3.05, 3.63) is 39.9 Å². The minimum absolute atomic E-state index is 0. The SMILES string of the molecule is C=CC[C@H](N)c1c(O)cc(C)c(Br)c1C.Cl. The average molecular weight is 307 g/mol. The standard InChI is InChI=1S/C12H16BrNO.ClH/c1-4-5-9(14)11-8(3)12(13)7(2)6-10(11)15;/h4,6,9,15H,1,5,14H2,2-3H3;1H/t9-;/m0./s1. The molecule has 2 nitrogen and oxygen atoms in total. The van der Waals surface area contributed by atoms with Gasteiger partial charge in [-0.3, -0.25) is 0 Å². The molecule has 1 aromatic carbocycles. The summed E-state index contributed by atoms with van der Waals surface area (Å²) in [6, 6.07) is 1.54. The summed E-state index contributed by atoms with van der Waals surface area (Å²) in [5.74, 6) is 0.266. The molecule has 0 aliphatic heterocycles. The maximum Gasteiger partial charge on any atom is 0.120 e. The van der Waals surface area contributed by atoms with Crippen LogP contribution < -0.4 is 5.73 Å². The van der Waals surface area contributed by atoms with Crippen molar-refractivity contribution < 1.29 is 5.11 Å². The Hall–Kier alpha value is -0.510. The Labute approximate surface area is 111 Å². The van der Waals surface area contributed by atoms with Crippen molar-refractivity contribution in [3.8, 4) is 5.75 Å². The minimum Gasteiger partial charge on any atom is -0.508 e. The molecule has 0 spiro atoms. The first-order chi connectivity index (χ1) is 6.99. The lowest BCUT2D eigenvalue weighted by atomic mass is 9.96. The Kier molecular flexibility index (Phi) is 6.08. The highest BCUT2D eigenvalue weighted by Gasteiger charge is 2.16. The van der Waals surface area contributed by atoms with Crippen molar-refractivity contribution in [2.75, 3.05) is 0 Å². The predicted molar refractivity (Wildman–Crippen MR) is 74.3 cm³/mol. The van der Waals surface area contributed by atoms with E-state index in [-0.39, 0.29) is 24.2 Å². The lowest BCUT2D eigenvalue weighted by Crippen LogP contribution is -2.11. The molecule has 0 aromatic heterocycles. The summed E-state index contributed by atoms with van der Waals surface area (Å²) in [4.78, 5) is 0. The third kappa shape index (κ3) is 3.00. The Morgan fingerprint density at radius 1 is 1.56 bits per heavy atom. The highest BCUT2D eigenvalue weighted by atomic mass is 79.9. The molecule has 1 rings (SSSR count). The van der Waals surface area contributed by atoms with Gasteiger partial charge in [-0.25, -0.2) is 0 Å². The molecule has 0 heterocycles. The minimum atomic E-state index is -0.195. The van der Waals surface area contributed by atoms with E-state index < -0.39 is 0 Å². The monoisotopic (exact) mass is 305 g/mol. The van der Waals surface area contributed by atoms with Crippen LogP contribution in [0.4, 0.5) is 0 Å². The molecule has 3 N–H and O–H groups in total. The van der Waals surface area contributed by atoms with Crippen molar-refractivity contribution >= 4 is 28.3 Å². The van der Waals surface area contributed by atoms with Crippen LogP contribution in [0.1, 0.15) is 29.2 Å². The molecule has 0 fully saturated rings. The molecule has 1 atom stereocenters. The lowest BCUT2D eigenvalue weighted by Gasteiger charge is -2.17. The Morgan fingerprint density at radius 3 is 2.62 bits per heavy atom. The van der Waals surface area contributed by atoms with Gasteiger partial charge in [0, 0.05) is 16.1 Å². The zero-order chi connectivity index (χ0) is 11.6. The van der Waals surface area contributed by atoms with Crippen LogP contribution in [0.5, 0.6) is 5.75 Å². The second-order valence-electron chi connectivity index (χ2n) is 3.70. The Balaban J connectivity index is 0.00000225. The first-order valence-corrected chi connectivity index (χ1v) is 5.63. The van der Waals surface area contributed by atoms with Crippen molar-refractivity contribution in [2.24, 2.45) is 5.73 Å². The Morgan fingerprint density at radius 2 is 2.12 bits per heavy atom. The molecule has 0 unspecified atom stereocenters. The van der Waals surface area contributed by atoms with Gasteiger partial charge >= 0.3 is 0 Å². The van der Waals surface area contributed by atoms with Crippen LogP contribution in [0, 0.1) is 13.8 Å². The molecule has 0 aliphatic rings. The zero-order valence-corrected chi connectivity index (χ0v) is 11.9. The molecular formula is C12H17BrClNO. The second kappa shape index (κ2) is 6.28. The summed E-state index contributed by atoms with van der Waals surface area (Å²) < 4.78 is 1.01. The maximum atomic E-state index is 9.86. The third-order valence-corrected chi connectivity index (χ3v) is 3.72. The summed E-state index contributed by atoms with van der Waals surface area (Å²) in [7, 11) is 0. The average Bonchev–Trinajstić information content (AvgIpc) is 2.15. The first kappa shape index (κ1) is 15.5. The molecule has 0 amide bonds. The zero-order valence-electron chi connectivity index (χ0n) is 9.46. The lowest BCUT2D eigenvalue weighted by molar-refractivity contribution is 0.460. The number of phenolic OH excluding ortho intramolecular Hbond substituents is 1. The summed E-state index contributed by atoms with van der Waals surface area (Å²) in [5, 5.41) is 9.86. The molecule has 0 bridgehead atoms. The second-order valence-corrected chi connectivity index (χ2v) is 4.49. The van der Waals surface area contributed by atoms with Crippen molar-refractivity contribution in [1.82, 2.24) is 0 Å². The third-order valence-electron chi connectivity index (χ3n) is 2.50. The molecule has 1 aromatic rings. The van der Waals surface area contributed by atoms with Crippen LogP contribution in [0.3, 0.4) is 0 Å². The molecular weight excluding hydrogens is 289 g/mol. The van der Waals surface area contributed by atoms with Gasteiger partial charge in [-0.1, -0.05) is 22.0 Å². The van der Waals surface area contributed by atoms with Crippen LogP contribution in [0.15, 0.2) is 23.2 Å². The number of rotatable bonds is 3. The first-order valence-electron chi connectivity index (χ1n) is 4.84. The van der Waals surface area contributed by atoms with E-state index in [2.05, 4.69) is 22.5 Å². The number of halogens is 2. The van der Waals surface area contributed by atoms with Gasteiger partial charge < -0.3 is 10.8 Å². The van der Waals surface area contributed by atoms with E-state index in [1.807, 2.05) is 13.8 Å². The maximum absolute atomic E-state index is 9.86. The van der Waals surface area contributed by atoms with Gasteiger partial charge in [0.2, 0.25) is 0 Å². The molecule has 90 valence electrons. The number of aromatic hydroxyl groups is 1. The molecule has 0 aliphatic carbocycles. The van der Waals surface area contributed by atoms with Crippen LogP contribution in [-0.2, 0) is 0 Å². The van der Waals surface area contributed by atoms with Crippen molar-refractivity contribution in [1.29, 1.82) is 0 Å². The van der Waals surface area contributed by atoms with Gasteiger partial charge in [0.25, 0.3) is 0 Å². The summed E-state index contributed by atoms with van der Waals surface area (Å²) >= 11 is 3.49. The van der Waals surface area contributed by atoms with E-state index in [0.29, 0.717) is 6.42 Å². The van der Waals surface area contributed by atoms with E-state index in [1.165, 1.54) is 0 Å². The number of hydrogen-bond donors (Lipinski definition) is 2. The van der Waals surface area contributed by atoms with Gasteiger partial charge in [0.15, 0.2) is 0 Å². The fraction of sp³-hybridized carbons (Fsp3) is 0.333. The van der Waals surface area contributed by atoms with Crippen LogP contribution in [0.2, 0.25) is 0 Å². The number of benzene rings is 1. The van der Waals surface area contributed by atoms with E-state index in [9.17, 15) is 5.11 Å². The predicted octanol–water partition coefficient (Wildman–Crippen LogP) is 3.77. The molecule has 0 radical (unpaired) electrons. The normalized spacial score (nSPS) is 11.8. The van der Waals surface area contributed by atoms with Gasteiger partial charge in [0.1, 0.15) is 5.75 Å². The van der Waals surface area contributed by atoms with Crippen LogP contribution >= 0.6 is 28.3 Å². The van der Waals surface area contributed by atoms with Gasteiger partial charge in [-0.05, 0) is 37.5 Å². The van der Waals surface area contributed by atoms with Crippen LogP contribution in [-0.4, -0.2) is 5.11 Å². The largest absolute Gasteiger partial charge is 0.508 e. The smallest absolute Gasteiger partial charge is 0.120 e. The topological polar surface area (TPSA) is 46.2 Å². The van der Waals surface area contributed by atoms with Gasteiger partial charge in [-0.2, -0.15) is 0 Å². The number of phenols is 1. The fourth-order valence-electron chi connectivity index (χ4n) is 1.72. The molecule has 0 saturated carbocycles. The summed E-state index contributed by atoms with van der Waals surface area (Å²) in [5.41, 5.74) is 8.79. The number of aryl methyl sites for hydroxylation is 1. The number of nitrogens with two attached hydrogens (primary N) is 1. The quantitative estimate of drug-likeness (QED) is 0.835. The summed E-state index contributed by atoms with van der Waals surface area (Å²) in [6.45, 7) is 7.55. The van der Waals surface area contributed by atoms with Gasteiger partial charge in [-0.15, -0.1) is 19.0 Å². The highest BCUT2D eigenvalue weighted by molar-refractivity contribution is 9.10. The Bertz CT molecular complexity index is 393. The highest BCUT2D eigenvalue weighted by Crippen LogP contribution is 2.35. The number of hydrogen-bond acceptors (Lipinski definition) is 2. The van der Waals surface area contributed by atoms with E-state index in [4.69, 9.17) is 5.73 Å². The molecule has 4 heteroatoms. The van der Waals surface area contributed by atoms with E-state index >= 15 is 0 Å². The molecule has 16 heavy (non-hydrogen) atoms. The van der Waals surface area contributed by atoms with Gasteiger partial charge in [0.05, 0.1) is 0 Å².